The van der Waals surface area contributed by atoms with Crippen LogP contribution in [-0.2, 0) is 33.9 Å². The summed E-state index contributed by atoms with van der Waals surface area (Å²) in [6, 6.07) is 0. The molecule has 0 heterocycles. The van der Waals surface area contributed by atoms with Gasteiger partial charge in [-0.05, 0) is 6.42 Å². The Hall–Kier alpha value is -2.20. The number of rotatable bonds is 12. The van der Waals surface area contributed by atoms with Gasteiger partial charge in [0.25, 0.3) is 0 Å². The Labute approximate surface area is 165 Å². The van der Waals surface area contributed by atoms with Gasteiger partial charge < -0.3 is 14.2 Å². The molecule has 0 bridgehead atoms. The summed E-state index contributed by atoms with van der Waals surface area (Å²) in [5.74, 6) is -14.1. The van der Waals surface area contributed by atoms with Crippen molar-refractivity contribution in [3.63, 3.8) is 0 Å². The summed E-state index contributed by atoms with van der Waals surface area (Å²) >= 11 is 0. The highest BCUT2D eigenvalue weighted by Gasteiger charge is 2.68. The molecule has 1 N–H and O–H groups in total. The first-order valence-corrected chi connectivity index (χ1v) is 8.90. The average Bonchev–Trinajstić information content (AvgIpc) is 2.59. The highest BCUT2D eigenvalue weighted by molar-refractivity contribution is 7.87. The number of hydrogen-bond acceptors (Lipinski definition) is 7. The molecule has 30 heavy (non-hydrogen) atoms. The van der Waals surface area contributed by atoms with Crippen molar-refractivity contribution < 1.29 is 67.5 Å². The van der Waals surface area contributed by atoms with Crippen LogP contribution in [0.2, 0.25) is 0 Å². The van der Waals surface area contributed by atoms with Crippen molar-refractivity contribution in [1.29, 1.82) is 0 Å². The maximum atomic E-state index is 13.4. The van der Waals surface area contributed by atoms with Gasteiger partial charge in [0.15, 0.2) is 0 Å². The lowest BCUT2D eigenvalue weighted by Crippen LogP contribution is -2.58. The predicted octanol–water partition coefficient (Wildman–Crippen LogP) is 2.62. The third-order valence-electron chi connectivity index (χ3n) is 3.08. The molecule has 0 fully saturated rings. The summed E-state index contributed by atoms with van der Waals surface area (Å²) < 4.78 is 134. The topological polar surface area (TPSA) is 116 Å². The predicted molar refractivity (Wildman–Crippen MR) is 82.9 cm³/mol. The van der Waals surface area contributed by atoms with Crippen LogP contribution in [-0.4, -0.2) is 61.3 Å². The number of hydrogen-bond donors (Lipinski definition) is 1. The smallest absolute Gasteiger partial charge is 0.456 e. The largest absolute Gasteiger partial charge is 0.468 e. The van der Waals surface area contributed by atoms with E-state index in [1.54, 1.807) is 0 Å². The first kappa shape index (κ1) is 27.8. The van der Waals surface area contributed by atoms with Crippen molar-refractivity contribution in [3.05, 3.63) is 25.3 Å². The highest BCUT2D eigenvalue weighted by atomic mass is 32.2. The molecule has 8 nitrogen and oxygen atoms in total. The molecule has 0 aliphatic rings. The summed E-state index contributed by atoms with van der Waals surface area (Å²) in [6.07, 6.45) is -8.32. The van der Waals surface area contributed by atoms with Crippen molar-refractivity contribution in [2.24, 2.45) is 0 Å². The van der Waals surface area contributed by atoms with Gasteiger partial charge in [-0.15, -0.1) is 0 Å². The molecule has 0 radical (unpaired) electrons. The van der Waals surface area contributed by atoms with Crippen molar-refractivity contribution in [1.82, 2.24) is 0 Å². The van der Waals surface area contributed by atoms with Gasteiger partial charge in [0.05, 0.1) is 6.61 Å². The molecule has 1 unspecified atom stereocenters. The minimum absolute atomic E-state index is 0.200. The van der Waals surface area contributed by atoms with Crippen LogP contribution in [0.3, 0.4) is 0 Å². The van der Waals surface area contributed by atoms with Gasteiger partial charge in [0.1, 0.15) is 6.61 Å². The van der Waals surface area contributed by atoms with E-state index < -0.39 is 71.3 Å². The number of alkyl halides is 7. The summed E-state index contributed by atoms with van der Waals surface area (Å²) in [5.41, 5.74) is 0. The fourth-order valence-corrected chi connectivity index (χ4v) is 2.12. The molecule has 0 aromatic rings. The van der Waals surface area contributed by atoms with Crippen LogP contribution in [0, 0.1) is 0 Å². The number of carbonyl (C=O) groups is 2. The van der Waals surface area contributed by atoms with Crippen LogP contribution in [0.1, 0.15) is 12.8 Å². The van der Waals surface area contributed by atoms with Gasteiger partial charge in [0, 0.05) is 12.5 Å². The SMILES string of the molecule is C=CCOC(=O)C(OCCCC(F)(F)C(F)(F)S(=O)(=O)O)(OC(=O)C=C)C(F)(F)F. The van der Waals surface area contributed by atoms with E-state index in [2.05, 4.69) is 27.4 Å². The van der Waals surface area contributed by atoms with E-state index in [0.29, 0.717) is 0 Å². The van der Waals surface area contributed by atoms with Crippen LogP contribution in [0.25, 0.3) is 0 Å². The van der Waals surface area contributed by atoms with Crippen molar-refractivity contribution >= 4 is 22.1 Å². The summed E-state index contributed by atoms with van der Waals surface area (Å²) in [7, 11) is -6.56. The number of halogens is 7. The molecule has 16 heteroatoms. The lowest BCUT2D eigenvalue weighted by atomic mass is 10.2. The second-order valence-electron chi connectivity index (χ2n) is 5.28. The Kier molecular flexibility index (Phi) is 9.02. The zero-order valence-corrected chi connectivity index (χ0v) is 15.6. The van der Waals surface area contributed by atoms with Gasteiger partial charge in [-0.2, -0.15) is 39.2 Å². The van der Waals surface area contributed by atoms with E-state index in [-0.39, 0.29) is 6.08 Å². The molecule has 0 aliphatic heterocycles. The second-order valence-corrected chi connectivity index (χ2v) is 6.74. The molecular weight excluding hydrogens is 461 g/mol. The fraction of sp³-hybridized carbons (Fsp3) is 0.571. The molecular formula is C14H15F7O8S. The normalized spacial score (nSPS) is 15.1. The molecule has 0 aliphatic carbocycles. The van der Waals surface area contributed by atoms with Gasteiger partial charge in [-0.3, -0.25) is 4.55 Å². The summed E-state index contributed by atoms with van der Waals surface area (Å²) in [6.45, 7) is 3.47. The highest BCUT2D eigenvalue weighted by Crippen LogP contribution is 2.42. The van der Waals surface area contributed by atoms with Crippen molar-refractivity contribution in [3.8, 4) is 0 Å². The minimum Gasteiger partial charge on any atom is -0.456 e. The second kappa shape index (κ2) is 9.74. The zero-order valence-electron chi connectivity index (χ0n) is 14.8. The maximum absolute atomic E-state index is 13.4. The van der Waals surface area contributed by atoms with Gasteiger partial charge in [-0.1, -0.05) is 19.2 Å². The fourth-order valence-electron chi connectivity index (χ4n) is 1.64. The monoisotopic (exact) mass is 476 g/mol. The molecule has 1 atom stereocenters. The van der Waals surface area contributed by atoms with Crippen molar-refractivity contribution in [2.75, 3.05) is 13.2 Å². The third kappa shape index (κ3) is 6.15. The van der Waals surface area contributed by atoms with E-state index >= 15 is 0 Å². The molecule has 174 valence electrons. The van der Waals surface area contributed by atoms with Crippen LogP contribution < -0.4 is 0 Å². The van der Waals surface area contributed by atoms with Crippen LogP contribution >= 0.6 is 0 Å². The standard InChI is InChI=1S/C14H15F7O8S/c1-3-7-27-10(23)12(13(17,18)19,29-9(22)4-2)28-8-5-6-11(15,16)14(20,21)30(24,25)26/h3-4H,1-2,5-8H2,(H,24,25,26). The number of ether oxygens (including phenoxy) is 3. The molecule has 0 spiro atoms. The summed E-state index contributed by atoms with van der Waals surface area (Å²) in [4.78, 5) is 23.0. The molecule has 0 aromatic carbocycles. The lowest BCUT2D eigenvalue weighted by molar-refractivity contribution is -0.354. The van der Waals surface area contributed by atoms with E-state index in [1.807, 2.05) is 0 Å². The minimum atomic E-state index is -6.56. The van der Waals surface area contributed by atoms with E-state index in [4.69, 9.17) is 4.55 Å². The molecule has 0 aromatic heterocycles. The molecule has 0 saturated carbocycles. The van der Waals surface area contributed by atoms with Crippen LogP contribution in [0.4, 0.5) is 30.7 Å². The van der Waals surface area contributed by atoms with E-state index in [9.17, 15) is 48.7 Å². The van der Waals surface area contributed by atoms with Crippen LogP contribution in [0.15, 0.2) is 25.3 Å². The first-order valence-electron chi connectivity index (χ1n) is 7.46. The van der Waals surface area contributed by atoms with E-state index in [1.165, 1.54) is 0 Å². The Balaban J connectivity index is 5.63. The third-order valence-corrected chi connectivity index (χ3v) is 4.02. The van der Waals surface area contributed by atoms with Gasteiger partial charge in [-0.25, -0.2) is 9.59 Å². The first-order chi connectivity index (χ1) is 13.4. The zero-order chi connectivity index (χ0) is 24.0. The number of carbonyl (C=O) groups excluding carboxylic acids is 2. The Morgan fingerprint density at radius 1 is 1.03 bits per heavy atom. The number of esters is 2. The molecule has 0 amide bonds. The van der Waals surface area contributed by atoms with Crippen molar-refractivity contribution in [2.45, 2.75) is 36.0 Å². The van der Waals surface area contributed by atoms with E-state index in [0.717, 1.165) is 6.08 Å². The lowest BCUT2D eigenvalue weighted by Gasteiger charge is -2.32. The molecule has 0 saturated heterocycles. The Morgan fingerprint density at radius 2 is 1.57 bits per heavy atom. The molecule has 0 rings (SSSR count). The maximum Gasteiger partial charge on any atom is 0.468 e. The average molecular weight is 476 g/mol. The quantitative estimate of drug-likeness (QED) is 0.0870. The van der Waals surface area contributed by atoms with Gasteiger partial charge >= 0.3 is 45.2 Å². The Bertz CT molecular complexity index is 763. The van der Waals surface area contributed by atoms with Crippen LogP contribution in [0.5, 0.6) is 0 Å². The Morgan fingerprint density at radius 3 is 1.97 bits per heavy atom. The summed E-state index contributed by atoms with van der Waals surface area (Å²) in [5, 5.41) is -5.96. The van der Waals surface area contributed by atoms with Gasteiger partial charge in [0.2, 0.25) is 0 Å².